The number of benzene rings is 3. The van der Waals surface area contributed by atoms with Crippen LogP contribution in [-0.4, -0.2) is 41.7 Å². The van der Waals surface area contributed by atoms with Gasteiger partial charge in [-0.3, -0.25) is 24.1 Å². The number of nitrogens with zero attached hydrogens (tertiary/aromatic N) is 1. The standard InChI is InChI=1S/C27H25N3O5/c1-3-35-21-11-9-20(10-12-21)29-25(32)18-5-7-19(8-6-18)28-24(31)14-15-30-26(33)22-13-4-17(2)16-23(22)27(30)34/h4-13,16H,3,14-15H2,1-2H3,(H,28,31)(H,29,32). The lowest BCUT2D eigenvalue weighted by molar-refractivity contribution is -0.116. The lowest BCUT2D eigenvalue weighted by atomic mass is 10.1. The number of ether oxygens (including phenoxy) is 1. The molecule has 1 heterocycles. The summed E-state index contributed by atoms with van der Waals surface area (Å²) in [5.74, 6) is -0.675. The van der Waals surface area contributed by atoms with Crippen molar-refractivity contribution in [2.24, 2.45) is 0 Å². The molecule has 4 rings (SSSR count). The minimum atomic E-state index is -0.388. The summed E-state index contributed by atoms with van der Waals surface area (Å²) >= 11 is 0. The Labute approximate surface area is 202 Å². The maximum Gasteiger partial charge on any atom is 0.261 e. The minimum absolute atomic E-state index is 0.0141. The summed E-state index contributed by atoms with van der Waals surface area (Å²) in [6, 6.07) is 18.6. The van der Waals surface area contributed by atoms with Crippen LogP contribution < -0.4 is 15.4 Å². The van der Waals surface area contributed by atoms with E-state index in [1.165, 1.54) is 0 Å². The predicted octanol–water partition coefficient (Wildman–Crippen LogP) is 4.27. The highest BCUT2D eigenvalue weighted by Crippen LogP contribution is 2.24. The maximum absolute atomic E-state index is 12.5. The molecule has 8 nitrogen and oxygen atoms in total. The zero-order chi connectivity index (χ0) is 24.9. The number of fused-ring (bicyclic) bond motifs is 1. The van der Waals surface area contributed by atoms with Gasteiger partial charge in [0.25, 0.3) is 17.7 Å². The van der Waals surface area contributed by atoms with Crippen molar-refractivity contribution in [3.63, 3.8) is 0 Å². The van der Waals surface area contributed by atoms with Gasteiger partial charge in [-0.15, -0.1) is 0 Å². The molecule has 0 atom stereocenters. The van der Waals surface area contributed by atoms with Crippen molar-refractivity contribution in [3.05, 3.63) is 89.0 Å². The summed E-state index contributed by atoms with van der Waals surface area (Å²) in [4.78, 5) is 51.0. The van der Waals surface area contributed by atoms with E-state index in [0.717, 1.165) is 16.2 Å². The van der Waals surface area contributed by atoms with E-state index in [2.05, 4.69) is 10.6 Å². The summed E-state index contributed by atoms with van der Waals surface area (Å²) in [6.07, 6.45) is -0.0373. The molecule has 0 saturated carbocycles. The van der Waals surface area contributed by atoms with Gasteiger partial charge < -0.3 is 15.4 Å². The fraction of sp³-hybridized carbons (Fsp3) is 0.185. The van der Waals surface area contributed by atoms with Gasteiger partial charge in [-0.2, -0.15) is 0 Å². The molecule has 0 radical (unpaired) electrons. The van der Waals surface area contributed by atoms with Crippen LogP contribution in [0.5, 0.6) is 5.75 Å². The first kappa shape index (κ1) is 23.7. The van der Waals surface area contributed by atoms with E-state index in [1.54, 1.807) is 66.7 Å². The number of amides is 4. The van der Waals surface area contributed by atoms with Gasteiger partial charge in [0.05, 0.1) is 17.7 Å². The molecule has 35 heavy (non-hydrogen) atoms. The molecule has 1 aliphatic rings. The molecule has 2 N–H and O–H groups in total. The average molecular weight is 472 g/mol. The third-order valence-electron chi connectivity index (χ3n) is 5.54. The molecule has 8 heteroatoms. The molecule has 178 valence electrons. The Bertz CT molecular complexity index is 1280. The van der Waals surface area contributed by atoms with E-state index in [0.29, 0.717) is 34.7 Å². The molecule has 3 aromatic rings. The van der Waals surface area contributed by atoms with Gasteiger partial charge >= 0.3 is 0 Å². The van der Waals surface area contributed by atoms with Crippen LogP contribution in [0.2, 0.25) is 0 Å². The lowest BCUT2D eigenvalue weighted by Crippen LogP contribution is -2.32. The molecule has 4 amide bonds. The Hall–Kier alpha value is -4.46. The Balaban J connectivity index is 1.29. The number of imide groups is 1. The molecule has 0 bridgehead atoms. The Morgan fingerprint density at radius 2 is 1.46 bits per heavy atom. The van der Waals surface area contributed by atoms with Crippen LogP contribution in [0, 0.1) is 6.92 Å². The number of nitrogens with one attached hydrogen (secondary N) is 2. The molecule has 0 aliphatic carbocycles. The van der Waals surface area contributed by atoms with Crippen molar-refractivity contribution in [2.45, 2.75) is 20.3 Å². The molecular formula is C27H25N3O5. The van der Waals surface area contributed by atoms with Crippen molar-refractivity contribution in [2.75, 3.05) is 23.8 Å². The van der Waals surface area contributed by atoms with Gasteiger partial charge in [-0.1, -0.05) is 11.6 Å². The molecule has 3 aromatic carbocycles. The normalized spacial score (nSPS) is 12.3. The molecule has 0 unspecified atom stereocenters. The van der Waals surface area contributed by atoms with E-state index < -0.39 is 0 Å². The van der Waals surface area contributed by atoms with E-state index in [9.17, 15) is 19.2 Å². The number of aryl methyl sites for hydroxylation is 1. The first-order valence-corrected chi connectivity index (χ1v) is 11.3. The van der Waals surface area contributed by atoms with Crippen LogP contribution in [0.15, 0.2) is 66.7 Å². The van der Waals surface area contributed by atoms with Gasteiger partial charge in [-0.25, -0.2) is 0 Å². The van der Waals surface area contributed by atoms with Crippen molar-refractivity contribution in [1.29, 1.82) is 0 Å². The number of anilines is 2. The quantitative estimate of drug-likeness (QED) is 0.478. The number of carbonyl (C=O) groups excluding carboxylic acids is 4. The number of hydrogen-bond acceptors (Lipinski definition) is 5. The van der Waals surface area contributed by atoms with Crippen LogP contribution in [-0.2, 0) is 4.79 Å². The van der Waals surface area contributed by atoms with Crippen LogP contribution in [0.25, 0.3) is 0 Å². The van der Waals surface area contributed by atoms with Gasteiger partial charge in [0.15, 0.2) is 0 Å². The molecule has 0 fully saturated rings. The molecule has 0 spiro atoms. The fourth-order valence-electron chi connectivity index (χ4n) is 3.75. The molecule has 0 saturated heterocycles. The van der Waals surface area contributed by atoms with E-state index in [1.807, 2.05) is 13.8 Å². The summed E-state index contributed by atoms with van der Waals surface area (Å²) in [6.45, 7) is 4.30. The Morgan fingerprint density at radius 3 is 2.14 bits per heavy atom. The van der Waals surface area contributed by atoms with Gasteiger partial charge in [0, 0.05) is 29.9 Å². The first-order chi connectivity index (χ1) is 16.9. The summed E-state index contributed by atoms with van der Waals surface area (Å²) in [5, 5.41) is 5.53. The second-order valence-corrected chi connectivity index (χ2v) is 8.10. The molecular weight excluding hydrogens is 446 g/mol. The van der Waals surface area contributed by atoms with Gasteiger partial charge in [-0.05, 0) is 74.5 Å². The van der Waals surface area contributed by atoms with Gasteiger partial charge in [0.1, 0.15) is 5.75 Å². The average Bonchev–Trinajstić information content (AvgIpc) is 3.08. The highest BCUT2D eigenvalue weighted by molar-refractivity contribution is 6.21. The first-order valence-electron chi connectivity index (χ1n) is 11.3. The smallest absolute Gasteiger partial charge is 0.261 e. The monoisotopic (exact) mass is 471 g/mol. The van der Waals surface area contributed by atoms with Crippen LogP contribution in [0.4, 0.5) is 11.4 Å². The van der Waals surface area contributed by atoms with Crippen LogP contribution >= 0.6 is 0 Å². The zero-order valence-electron chi connectivity index (χ0n) is 19.5. The Kier molecular flexibility index (Phi) is 6.91. The van der Waals surface area contributed by atoms with Gasteiger partial charge in [0.2, 0.25) is 5.91 Å². The van der Waals surface area contributed by atoms with Crippen LogP contribution in [0.3, 0.4) is 0 Å². The molecule has 0 aromatic heterocycles. The Morgan fingerprint density at radius 1 is 0.829 bits per heavy atom. The van der Waals surface area contributed by atoms with E-state index in [-0.39, 0.29) is 36.6 Å². The predicted molar refractivity (Wildman–Crippen MR) is 132 cm³/mol. The van der Waals surface area contributed by atoms with Crippen molar-refractivity contribution in [3.8, 4) is 5.75 Å². The SMILES string of the molecule is CCOc1ccc(NC(=O)c2ccc(NC(=O)CCN3C(=O)c4ccc(C)cc4C3=O)cc2)cc1. The third-order valence-corrected chi connectivity index (χ3v) is 5.54. The van der Waals surface area contributed by atoms with Crippen molar-refractivity contribution in [1.82, 2.24) is 4.90 Å². The van der Waals surface area contributed by atoms with Crippen molar-refractivity contribution < 1.29 is 23.9 Å². The lowest BCUT2D eigenvalue weighted by Gasteiger charge is -2.13. The number of hydrogen-bond donors (Lipinski definition) is 2. The third kappa shape index (κ3) is 5.38. The second-order valence-electron chi connectivity index (χ2n) is 8.10. The fourth-order valence-corrected chi connectivity index (χ4v) is 3.75. The maximum atomic E-state index is 12.5. The highest BCUT2D eigenvalue weighted by Gasteiger charge is 2.35. The van der Waals surface area contributed by atoms with E-state index in [4.69, 9.17) is 4.74 Å². The number of rotatable bonds is 8. The minimum Gasteiger partial charge on any atom is -0.494 e. The topological polar surface area (TPSA) is 105 Å². The largest absolute Gasteiger partial charge is 0.494 e. The summed E-state index contributed by atoms with van der Waals surface area (Å²) in [5.41, 5.74) is 3.19. The summed E-state index contributed by atoms with van der Waals surface area (Å²) < 4.78 is 5.39. The second kappa shape index (κ2) is 10.2. The van der Waals surface area contributed by atoms with Crippen LogP contribution in [0.1, 0.15) is 50.0 Å². The van der Waals surface area contributed by atoms with Crippen molar-refractivity contribution >= 4 is 35.0 Å². The highest BCUT2D eigenvalue weighted by atomic mass is 16.5. The summed E-state index contributed by atoms with van der Waals surface area (Å²) in [7, 11) is 0. The zero-order valence-corrected chi connectivity index (χ0v) is 19.5. The number of carbonyl (C=O) groups is 4. The molecule has 1 aliphatic heterocycles. The van der Waals surface area contributed by atoms with E-state index >= 15 is 0 Å².